The van der Waals surface area contributed by atoms with Crippen LogP contribution in [0.15, 0.2) is 9.85 Å². The van der Waals surface area contributed by atoms with Crippen LogP contribution in [0.1, 0.15) is 28.6 Å². The van der Waals surface area contributed by atoms with E-state index in [2.05, 4.69) is 20.7 Å². The third-order valence-corrected chi connectivity index (χ3v) is 4.52. The molecule has 0 atom stereocenters. The van der Waals surface area contributed by atoms with Crippen molar-refractivity contribution in [1.29, 1.82) is 0 Å². The summed E-state index contributed by atoms with van der Waals surface area (Å²) in [6, 6.07) is 1.83. The summed E-state index contributed by atoms with van der Waals surface area (Å²) in [7, 11) is 1.32. The zero-order chi connectivity index (χ0) is 13.7. The van der Waals surface area contributed by atoms with Crippen LogP contribution in [0.3, 0.4) is 0 Å². The second kappa shape index (κ2) is 6.89. The molecule has 1 amide bonds. The van der Waals surface area contributed by atoms with Gasteiger partial charge in [-0.25, -0.2) is 0 Å². The van der Waals surface area contributed by atoms with E-state index in [0.29, 0.717) is 11.4 Å². The highest BCUT2D eigenvalue weighted by molar-refractivity contribution is 9.11. The van der Waals surface area contributed by atoms with Crippen molar-refractivity contribution in [3.05, 3.63) is 20.3 Å². The molecule has 0 N–H and O–H groups in total. The van der Waals surface area contributed by atoms with E-state index >= 15 is 0 Å². The first-order valence-corrected chi connectivity index (χ1v) is 7.22. The minimum absolute atomic E-state index is 0.00224. The van der Waals surface area contributed by atoms with Gasteiger partial charge in [0.15, 0.2) is 0 Å². The first-order chi connectivity index (χ1) is 8.49. The maximum Gasteiger partial charge on any atom is 0.325 e. The molecule has 1 aromatic rings. The number of hydrogen-bond acceptors (Lipinski definition) is 4. The summed E-state index contributed by atoms with van der Waals surface area (Å²) in [6.45, 7) is 4.44. The molecule has 0 spiro atoms. The molecule has 0 aliphatic heterocycles. The number of thiophene rings is 1. The van der Waals surface area contributed by atoms with Gasteiger partial charge in [0.25, 0.3) is 5.91 Å². The number of esters is 1. The molecule has 0 saturated carbocycles. The molecule has 18 heavy (non-hydrogen) atoms. The lowest BCUT2D eigenvalue weighted by molar-refractivity contribution is -0.141. The molecule has 0 aromatic carbocycles. The summed E-state index contributed by atoms with van der Waals surface area (Å²) in [5.74, 6) is -0.523. The maximum atomic E-state index is 12.3. The molecule has 0 radical (unpaired) electrons. The van der Waals surface area contributed by atoms with Crippen molar-refractivity contribution in [3.8, 4) is 0 Å². The molecular weight excluding hydrogens is 318 g/mol. The average molecular weight is 334 g/mol. The Labute approximate surface area is 119 Å². The Kier molecular flexibility index (Phi) is 5.81. The fraction of sp³-hybridized carbons (Fsp3) is 0.500. The first-order valence-electron chi connectivity index (χ1n) is 5.61. The van der Waals surface area contributed by atoms with E-state index < -0.39 is 5.97 Å². The van der Waals surface area contributed by atoms with Crippen LogP contribution in [0.2, 0.25) is 0 Å². The molecule has 6 heteroatoms. The Morgan fingerprint density at radius 1 is 1.50 bits per heavy atom. The largest absolute Gasteiger partial charge is 0.468 e. The van der Waals surface area contributed by atoms with E-state index in [9.17, 15) is 9.59 Å². The van der Waals surface area contributed by atoms with Crippen molar-refractivity contribution in [3.63, 3.8) is 0 Å². The Morgan fingerprint density at radius 2 is 2.17 bits per heavy atom. The van der Waals surface area contributed by atoms with Crippen molar-refractivity contribution >= 4 is 39.1 Å². The SMILES string of the molecule is CCCN(CC(=O)OC)C(=O)c1cc(C)c(Br)s1. The standard InChI is InChI=1S/C12H16BrNO3S/c1-4-5-14(7-10(15)17-3)12(16)9-6-8(2)11(13)18-9/h6H,4-5,7H2,1-3H3. The van der Waals surface area contributed by atoms with Gasteiger partial charge >= 0.3 is 5.97 Å². The van der Waals surface area contributed by atoms with E-state index in [1.807, 2.05) is 19.9 Å². The number of amides is 1. The fourth-order valence-electron chi connectivity index (χ4n) is 1.46. The van der Waals surface area contributed by atoms with Gasteiger partial charge in [0.1, 0.15) is 6.54 Å². The average Bonchev–Trinajstić information content (AvgIpc) is 2.68. The summed E-state index contributed by atoms with van der Waals surface area (Å²) >= 11 is 4.78. The lowest BCUT2D eigenvalue weighted by atomic mass is 10.3. The summed E-state index contributed by atoms with van der Waals surface area (Å²) < 4.78 is 5.55. The number of rotatable bonds is 5. The highest BCUT2D eigenvalue weighted by Crippen LogP contribution is 2.28. The molecule has 1 rings (SSSR count). The minimum atomic E-state index is -0.399. The number of nitrogens with zero attached hydrogens (tertiary/aromatic N) is 1. The Bertz CT molecular complexity index is 425. The van der Waals surface area contributed by atoms with Crippen molar-refractivity contribution in [2.45, 2.75) is 20.3 Å². The quantitative estimate of drug-likeness (QED) is 0.778. The van der Waals surface area contributed by atoms with Crippen LogP contribution in [-0.2, 0) is 9.53 Å². The number of halogens is 1. The molecule has 0 aliphatic rings. The minimum Gasteiger partial charge on any atom is -0.468 e. The normalized spacial score (nSPS) is 10.2. The Morgan fingerprint density at radius 3 is 2.61 bits per heavy atom. The van der Waals surface area contributed by atoms with E-state index in [4.69, 9.17) is 0 Å². The summed E-state index contributed by atoms with van der Waals surface area (Å²) in [5.41, 5.74) is 1.03. The highest BCUT2D eigenvalue weighted by Gasteiger charge is 2.20. The molecule has 0 bridgehead atoms. The van der Waals surface area contributed by atoms with Crippen molar-refractivity contribution in [2.75, 3.05) is 20.2 Å². The second-order valence-corrected chi connectivity index (χ2v) is 6.24. The number of ether oxygens (including phenoxy) is 1. The topological polar surface area (TPSA) is 46.6 Å². The van der Waals surface area contributed by atoms with Gasteiger partial charge in [0, 0.05) is 6.54 Å². The van der Waals surface area contributed by atoms with Crippen LogP contribution in [0, 0.1) is 6.92 Å². The van der Waals surface area contributed by atoms with Crippen molar-refractivity contribution in [1.82, 2.24) is 4.90 Å². The molecule has 100 valence electrons. The van der Waals surface area contributed by atoms with E-state index in [-0.39, 0.29) is 12.5 Å². The molecule has 4 nitrogen and oxygen atoms in total. The van der Waals surface area contributed by atoms with E-state index in [1.165, 1.54) is 23.3 Å². The summed E-state index contributed by atoms with van der Waals surface area (Å²) in [6.07, 6.45) is 0.800. The molecule has 1 aromatic heterocycles. The van der Waals surface area contributed by atoms with Crippen LogP contribution in [-0.4, -0.2) is 37.0 Å². The third-order valence-electron chi connectivity index (χ3n) is 2.40. The lowest BCUT2D eigenvalue weighted by Crippen LogP contribution is -2.36. The number of methoxy groups -OCH3 is 1. The van der Waals surface area contributed by atoms with Crippen LogP contribution in [0.5, 0.6) is 0 Å². The van der Waals surface area contributed by atoms with Crippen LogP contribution >= 0.6 is 27.3 Å². The monoisotopic (exact) mass is 333 g/mol. The van der Waals surface area contributed by atoms with Crippen LogP contribution in [0.4, 0.5) is 0 Å². The Hall–Kier alpha value is -0.880. The van der Waals surface area contributed by atoms with Crippen molar-refractivity contribution in [2.24, 2.45) is 0 Å². The van der Waals surface area contributed by atoms with Gasteiger partial charge in [-0.05, 0) is 40.9 Å². The maximum absolute atomic E-state index is 12.3. The fourth-order valence-corrected chi connectivity index (χ4v) is 2.97. The summed E-state index contributed by atoms with van der Waals surface area (Å²) in [4.78, 5) is 25.7. The van der Waals surface area contributed by atoms with Gasteiger partial charge in [0.2, 0.25) is 0 Å². The second-order valence-electron chi connectivity index (χ2n) is 3.87. The van der Waals surface area contributed by atoms with E-state index in [1.54, 1.807) is 0 Å². The van der Waals surface area contributed by atoms with Gasteiger partial charge in [-0.2, -0.15) is 0 Å². The van der Waals surface area contributed by atoms with Gasteiger partial charge in [-0.1, -0.05) is 6.92 Å². The molecule has 0 saturated heterocycles. The number of carbonyl (C=O) groups excluding carboxylic acids is 2. The molecule has 0 unspecified atom stereocenters. The highest BCUT2D eigenvalue weighted by atomic mass is 79.9. The van der Waals surface area contributed by atoms with Crippen molar-refractivity contribution < 1.29 is 14.3 Å². The molecule has 1 heterocycles. The zero-order valence-electron chi connectivity index (χ0n) is 10.7. The number of aryl methyl sites for hydroxylation is 1. The van der Waals surface area contributed by atoms with E-state index in [0.717, 1.165) is 15.8 Å². The predicted octanol–water partition coefficient (Wildman–Crippen LogP) is 2.84. The first kappa shape index (κ1) is 15.2. The molecule has 0 fully saturated rings. The molecule has 0 aliphatic carbocycles. The van der Waals surface area contributed by atoms with Gasteiger partial charge in [-0.15, -0.1) is 11.3 Å². The lowest BCUT2D eigenvalue weighted by Gasteiger charge is -2.19. The smallest absolute Gasteiger partial charge is 0.325 e. The van der Waals surface area contributed by atoms with Gasteiger partial charge in [0.05, 0.1) is 15.8 Å². The van der Waals surface area contributed by atoms with Gasteiger partial charge in [-0.3, -0.25) is 9.59 Å². The van der Waals surface area contributed by atoms with Crippen LogP contribution < -0.4 is 0 Å². The Balaban J connectivity index is 2.84. The number of carbonyl (C=O) groups is 2. The van der Waals surface area contributed by atoms with Crippen LogP contribution in [0.25, 0.3) is 0 Å². The van der Waals surface area contributed by atoms with Gasteiger partial charge < -0.3 is 9.64 Å². The predicted molar refractivity (Wildman–Crippen MR) is 75.0 cm³/mol. The summed E-state index contributed by atoms with van der Waals surface area (Å²) in [5, 5.41) is 0. The number of hydrogen-bond donors (Lipinski definition) is 0. The molecular formula is C12H16BrNO3S. The zero-order valence-corrected chi connectivity index (χ0v) is 13.1. The third kappa shape index (κ3) is 3.81.